The van der Waals surface area contributed by atoms with Crippen molar-refractivity contribution in [2.75, 3.05) is 11.9 Å². The van der Waals surface area contributed by atoms with Gasteiger partial charge in [0.15, 0.2) is 11.6 Å². The number of allylic oxidation sites excluding steroid dienone is 1. The molecule has 0 atom stereocenters. The van der Waals surface area contributed by atoms with Crippen molar-refractivity contribution in [3.05, 3.63) is 42.0 Å². The number of hydrogen-bond donors (Lipinski definition) is 1. The molecule has 0 saturated heterocycles. The first-order valence-corrected chi connectivity index (χ1v) is 5.12. The van der Waals surface area contributed by atoms with E-state index in [4.69, 9.17) is 0 Å². The first kappa shape index (κ1) is 12.2. The smallest absolute Gasteiger partial charge is 0.163 e. The van der Waals surface area contributed by atoms with Gasteiger partial charge in [0, 0.05) is 12.2 Å². The molecule has 3 heteroatoms. The molecule has 0 aliphatic rings. The molecule has 0 aromatic heterocycles. The lowest BCUT2D eigenvalue weighted by Gasteiger charge is -2.03. The number of carbonyl (C=O) groups is 2. The lowest BCUT2D eigenvalue weighted by atomic mass is 10.1. The molecule has 1 N–H and O–H groups in total. The van der Waals surface area contributed by atoms with Gasteiger partial charge in [0.25, 0.3) is 0 Å². The fourth-order valence-corrected chi connectivity index (χ4v) is 1.36. The summed E-state index contributed by atoms with van der Waals surface area (Å²) in [7, 11) is 0. The number of rotatable bonds is 5. The minimum atomic E-state index is -0.192. The summed E-state index contributed by atoms with van der Waals surface area (Å²) in [6.45, 7) is 3.27. The Hall–Kier alpha value is -1.90. The van der Waals surface area contributed by atoms with Crippen LogP contribution in [-0.4, -0.2) is 18.1 Å². The summed E-state index contributed by atoms with van der Waals surface area (Å²) in [5.41, 5.74) is 1.22. The Bertz CT molecular complexity index is 391. The van der Waals surface area contributed by atoms with E-state index >= 15 is 0 Å². The van der Waals surface area contributed by atoms with Gasteiger partial charge in [0.1, 0.15) is 0 Å². The van der Waals surface area contributed by atoms with Gasteiger partial charge in [-0.2, -0.15) is 0 Å². The van der Waals surface area contributed by atoms with Crippen molar-refractivity contribution in [2.45, 2.75) is 13.8 Å². The Morgan fingerprint density at radius 2 is 1.69 bits per heavy atom. The first-order valence-electron chi connectivity index (χ1n) is 5.12. The maximum absolute atomic E-state index is 11.1. The van der Waals surface area contributed by atoms with E-state index in [1.807, 2.05) is 30.3 Å². The van der Waals surface area contributed by atoms with E-state index in [9.17, 15) is 9.59 Å². The fourth-order valence-electron chi connectivity index (χ4n) is 1.36. The van der Waals surface area contributed by atoms with Crippen LogP contribution >= 0.6 is 0 Å². The van der Waals surface area contributed by atoms with Crippen LogP contribution in [-0.2, 0) is 9.59 Å². The average molecular weight is 217 g/mol. The molecule has 0 fully saturated rings. The van der Waals surface area contributed by atoms with E-state index in [0.717, 1.165) is 5.69 Å². The minimum Gasteiger partial charge on any atom is -0.382 e. The first-order chi connectivity index (χ1) is 7.61. The summed E-state index contributed by atoms with van der Waals surface area (Å²) in [5, 5.41) is 3.10. The van der Waals surface area contributed by atoms with Gasteiger partial charge in [-0.25, -0.2) is 0 Å². The Labute approximate surface area is 95.2 Å². The van der Waals surface area contributed by atoms with Crippen LogP contribution in [0.3, 0.4) is 0 Å². The standard InChI is InChI=1S/C13H15NO2/c1-10(15)13(11(2)16)8-9-14-12-6-4-3-5-7-12/h3-8,14H,9H2,1-2H3. The van der Waals surface area contributed by atoms with Crippen LogP contribution in [0.25, 0.3) is 0 Å². The number of hydrogen-bond acceptors (Lipinski definition) is 3. The maximum atomic E-state index is 11.1. The lowest BCUT2D eigenvalue weighted by molar-refractivity contribution is -0.119. The van der Waals surface area contributed by atoms with Crippen LogP contribution in [0.5, 0.6) is 0 Å². The minimum absolute atomic E-state index is 0.192. The van der Waals surface area contributed by atoms with Crippen LogP contribution < -0.4 is 5.32 Å². The third-order valence-electron chi connectivity index (χ3n) is 2.14. The highest BCUT2D eigenvalue weighted by Crippen LogP contribution is 2.05. The number of anilines is 1. The highest BCUT2D eigenvalue weighted by atomic mass is 16.1. The second kappa shape index (κ2) is 5.85. The Morgan fingerprint density at radius 3 is 2.19 bits per heavy atom. The zero-order valence-corrected chi connectivity index (χ0v) is 9.49. The predicted molar refractivity (Wildman–Crippen MR) is 64.4 cm³/mol. The number of Topliss-reactive ketones (excluding diaryl/α,β-unsaturated/α-hetero) is 2. The van der Waals surface area contributed by atoms with Crippen LogP contribution in [0.4, 0.5) is 5.69 Å². The second-order valence-electron chi connectivity index (χ2n) is 3.48. The Kier molecular flexibility index (Phi) is 4.45. The largest absolute Gasteiger partial charge is 0.382 e. The second-order valence-corrected chi connectivity index (χ2v) is 3.48. The van der Waals surface area contributed by atoms with E-state index < -0.39 is 0 Å². The average Bonchev–Trinajstić information content (AvgIpc) is 2.24. The number of carbonyl (C=O) groups excluding carboxylic acids is 2. The molecule has 16 heavy (non-hydrogen) atoms. The maximum Gasteiger partial charge on any atom is 0.163 e. The molecule has 0 aliphatic carbocycles. The van der Waals surface area contributed by atoms with E-state index in [1.54, 1.807) is 6.08 Å². The molecule has 0 unspecified atom stereocenters. The third-order valence-corrected chi connectivity index (χ3v) is 2.14. The normalized spacial score (nSPS) is 9.38. The van der Waals surface area contributed by atoms with Crippen molar-refractivity contribution in [1.29, 1.82) is 0 Å². The number of benzene rings is 1. The molecular formula is C13H15NO2. The summed E-state index contributed by atoms with van der Waals surface area (Å²) in [6, 6.07) is 9.62. The van der Waals surface area contributed by atoms with Gasteiger partial charge in [-0.15, -0.1) is 0 Å². The zero-order chi connectivity index (χ0) is 12.0. The van der Waals surface area contributed by atoms with Crippen molar-refractivity contribution >= 4 is 17.3 Å². The molecule has 0 amide bonds. The van der Waals surface area contributed by atoms with Crippen LogP contribution in [0, 0.1) is 0 Å². The Morgan fingerprint density at radius 1 is 1.12 bits per heavy atom. The van der Waals surface area contributed by atoms with Gasteiger partial charge in [-0.05, 0) is 26.0 Å². The summed E-state index contributed by atoms with van der Waals surface area (Å²) in [5.74, 6) is -0.385. The Balaban J connectivity index is 2.59. The fraction of sp³-hybridized carbons (Fsp3) is 0.231. The van der Waals surface area contributed by atoms with Gasteiger partial charge in [-0.1, -0.05) is 24.3 Å². The molecule has 0 heterocycles. The third kappa shape index (κ3) is 3.69. The summed E-state index contributed by atoms with van der Waals surface area (Å²) < 4.78 is 0. The van der Waals surface area contributed by atoms with Crippen LogP contribution in [0.1, 0.15) is 13.8 Å². The molecule has 1 aromatic carbocycles. The quantitative estimate of drug-likeness (QED) is 0.467. The highest BCUT2D eigenvalue weighted by molar-refractivity contribution is 6.18. The van der Waals surface area contributed by atoms with Gasteiger partial charge < -0.3 is 5.32 Å². The molecule has 0 spiro atoms. The van der Waals surface area contributed by atoms with Gasteiger partial charge in [-0.3, -0.25) is 9.59 Å². The highest BCUT2D eigenvalue weighted by Gasteiger charge is 2.07. The molecule has 84 valence electrons. The van der Waals surface area contributed by atoms with Crippen LogP contribution in [0.15, 0.2) is 42.0 Å². The van der Waals surface area contributed by atoms with Gasteiger partial charge >= 0.3 is 0 Å². The van der Waals surface area contributed by atoms with E-state index in [0.29, 0.717) is 6.54 Å². The number of para-hydroxylation sites is 1. The molecular weight excluding hydrogens is 202 g/mol. The van der Waals surface area contributed by atoms with E-state index in [2.05, 4.69) is 5.32 Å². The van der Waals surface area contributed by atoms with Crippen molar-refractivity contribution in [3.63, 3.8) is 0 Å². The monoisotopic (exact) mass is 217 g/mol. The molecule has 0 bridgehead atoms. The van der Waals surface area contributed by atoms with Crippen molar-refractivity contribution in [3.8, 4) is 0 Å². The van der Waals surface area contributed by atoms with Gasteiger partial charge in [0.05, 0.1) is 5.57 Å². The number of ketones is 2. The summed E-state index contributed by atoms with van der Waals surface area (Å²) >= 11 is 0. The molecule has 3 nitrogen and oxygen atoms in total. The van der Waals surface area contributed by atoms with E-state index in [1.165, 1.54) is 13.8 Å². The topological polar surface area (TPSA) is 46.2 Å². The van der Waals surface area contributed by atoms with E-state index in [-0.39, 0.29) is 17.1 Å². The van der Waals surface area contributed by atoms with Crippen molar-refractivity contribution in [1.82, 2.24) is 0 Å². The molecule has 0 saturated carbocycles. The van der Waals surface area contributed by atoms with Gasteiger partial charge in [0.2, 0.25) is 0 Å². The zero-order valence-electron chi connectivity index (χ0n) is 9.49. The lowest BCUT2D eigenvalue weighted by Crippen LogP contribution is -2.09. The molecule has 1 aromatic rings. The summed E-state index contributed by atoms with van der Waals surface area (Å²) in [4.78, 5) is 22.2. The summed E-state index contributed by atoms with van der Waals surface area (Å²) in [6.07, 6.45) is 1.62. The predicted octanol–water partition coefficient (Wildman–Crippen LogP) is 2.20. The van der Waals surface area contributed by atoms with Crippen LogP contribution in [0.2, 0.25) is 0 Å². The SMILES string of the molecule is CC(=O)C(=CCNc1ccccc1)C(C)=O. The number of nitrogens with one attached hydrogen (secondary N) is 1. The molecule has 1 rings (SSSR count). The van der Waals surface area contributed by atoms with Crippen molar-refractivity contribution in [2.24, 2.45) is 0 Å². The molecule has 0 radical (unpaired) electrons. The van der Waals surface area contributed by atoms with Crippen molar-refractivity contribution < 1.29 is 9.59 Å². The molecule has 0 aliphatic heterocycles.